The van der Waals surface area contributed by atoms with Crippen LogP contribution in [-0.4, -0.2) is 49.9 Å². The predicted octanol–water partition coefficient (Wildman–Crippen LogP) is 13.0. The highest BCUT2D eigenvalue weighted by Crippen LogP contribution is 2.43. The highest BCUT2D eigenvalue weighted by atomic mass is 31.2. The third-order valence-corrected chi connectivity index (χ3v) is 10.3. The minimum atomic E-state index is -4.28. The van der Waals surface area contributed by atoms with E-state index >= 15 is 0 Å². The van der Waals surface area contributed by atoms with Crippen molar-refractivity contribution in [2.75, 3.05) is 33.0 Å². The largest absolute Gasteiger partial charge is 0.472 e. The summed E-state index contributed by atoms with van der Waals surface area (Å²) in [5, 5.41) is 0. The Morgan fingerprint density at radius 3 is 1.49 bits per heavy atom. The summed E-state index contributed by atoms with van der Waals surface area (Å²) in [5.74, 6) is -0.341. The minimum absolute atomic E-state index is 0.0975. The van der Waals surface area contributed by atoms with Crippen LogP contribution in [0.2, 0.25) is 0 Å². The molecule has 0 amide bonds. The molecule has 8 nitrogen and oxygen atoms in total. The Morgan fingerprint density at radius 1 is 0.566 bits per heavy atom. The molecule has 0 aliphatic heterocycles. The van der Waals surface area contributed by atoms with Gasteiger partial charge in [0.05, 0.1) is 19.8 Å². The Labute approximate surface area is 327 Å². The topological polar surface area (TPSA) is 117 Å². The van der Waals surface area contributed by atoms with Gasteiger partial charge in [0.2, 0.25) is 0 Å². The Kier molecular flexibility index (Phi) is 40.9. The van der Waals surface area contributed by atoms with Crippen molar-refractivity contribution >= 4 is 13.8 Å². The van der Waals surface area contributed by atoms with Crippen LogP contribution >= 0.6 is 7.82 Å². The van der Waals surface area contributed by atoms with Gasteiger partial charge in [-0.3, -0.25) is 13.8 Å². The van der Waals surface area contributed by atoms with Gasteiger partial charge in [-0.2, -0.15) is 0 Å². The average Bonchev–Trinajstić information content (AvgIpc) is 3.15. The number of carbonyl (C=O) groups excluding carboxylic acids is 1. The van der Waals surface area contributed by atoms with Crippen LogP contribution in [0.15, 0.2) is 36.5 Å². The molecule has 0 radical (unpaired) electrons. The van der Waals surface area contributed by atoms with Crippen molar-refractivity contribution in [3.8, 4) is 0 Å². The van der Waals surface area contributed by atoms with Gasteiger partial charge in [-0.15, -0.1) is 0 Å². The third kappa shape index (κ3) is 41.7. The maximum atomic E-state index is 12.6. The van der Waals surface area contributed by atoms with Crippen molar-refractivity contribution < 1.29 is 32.8 Å². The highest BCUT2D eigenvalue weighted by Gasteiger charge is 2.25. The Balaban J connectivity index is 4.03. The third-order valence-electron chi connectivity index (χ3n) is 9.31. The minimum Gasteiger partial charge on any atom is -0.457 e. The zero-order valence-electron chi connectivity index (χ0n) is 34.5. The van der Waals surface area contributed by atoms with E-state index in [0.29, 0.717) is 13.0 Å². The van der Waals surface area contributed by atoms with Crippen LogP contribution in [0.4, 0.5) is 0 Å². The summed E-state index contributed by atoms with van der Waals surface area (Å²) in [7, 11) is -4.28. The van der Waals surface area contributed by atoms with Crippen molar-refractivity contribution in [2.45, 2.75) is 206 Å². The second-order valence-corrected chi connectivity index (χ2v) is 16.0. The summed E-state index contributed by atoms with van der Waals surface area (Å²) in [6.45, 7) is 4.91. The molecular formula is C44H84NO7P. The number of phosphoric ester groups is 1. The highest BCUT2D eigenvalue weighted by molar-refractivity contribution is 7.47. The van der Waals surface area contributed by atoms with Crippen molar-refractivity contribution in [3.05, 3.63) is 36.5 Å². The number of nitrogens with two attached hydrogens (primary N) is 1. The van der Waals surface area contributed by atoms with Gasteiger partial charge < -0.3 is 20.1 Å². The van der Waals surface area contributed by atoms with Gasteiger partial charge in [-0.25, -0.2) is 4.57 Å². The molecule has 2 unspecified atom stereocenters. The van der Waals surface area contributed by atoms with Crippen LogP contribution in [-0.2, 0) is 27.9 Å². The first kappa shape index (κ1) is 51.7. The molecule has 0 aliphatic carbocycles. The standard InChI is InChI=1S/C44H84NO7P/c1-3-5-7-9-11-13-15-17-18-19-20-21-22-23-24-25-27-29-31-33-35-37-44(46)52-43(42-51-53(47,48)50-40-38-45)41-49-39-36-34-32-30-28-26-16-14-12-10-8-6-4-2/h15,17,19-20,22-23,43H,3-14,16,18,21,24-42,45H2,1-2H3,(H,47,48)/b17-15-,20-19-,23-22-. The molecule has 0 heterocycles. The number of carbonyl (C=O) groups is 1. The van der Waals surface area contributed by atoms with Gasteiger partial charge in [0.25, 0.3) is 0 Å². The lowest BCUT2D eigenvalue weighted by Gasteiger charge is -2.20. The molecule has 0 aromatic rings. The van der Waals surface area contributed by atoms with Crippen molar-refractivity contribution in [3.63, 3.8) is 0 Å². The van der Waals surface area contributed by atoms with E-state index in [9.17, 15) is 14.3 Å². The summed E-state index contributed by atoms with van der Waals surface area (Å²) in [6.07, 6.45) is 47.3. The molecule has 0 fully saturated rings. The fraction of sp³-hybridized carbons (Fsp3) is 0.841. The second kappa shape index (κ2) is 41.9. The summed E-state index contributed by atoms with van der Waals surface area (Å²) in [4.78, 5) is 22.5. The summed E-state index contributed by atoms with van der Waals surface area (Å²) in [6, 6.07) is 0. The van der Waals surface area contributed by atoms with E-state index in [1.165, 1.54) is 122 Å². The average molecular weight is 770 g/mol. The van der Waals surface area contributed by atoms with Gasteiger partial charge in [-0.05, 0) is 51.4 Å². The Morgan fingerprint density at radius 2 is 1.00 bits per heavy atom. The molecule has 0 bridgehead atoms. The molecule has 2 atom stereocenters. The molecule has 0 saturated carbocycles. The van der Waals surface area contributed by atoms with Gasteiger partial charge in [0, 0.05) is 19.6 Å². The van der Waals surface area contributed by atoms with E-state index in [-0.39, 0.29) is 32.3 Å². The first-order valence-electron chi connectivity index (χ1n) is 22.0. The lowest BCUT2D eigenvalue weighted by atomic mass is 10.0. The Hall–Kier alpha value is -1.28. The lowest BCUT2D eigenvalue weighted by molar-refractivity contribution is -0.154. The van der Waals surface area contributed by atoms with Crippen molar-refractivity contribution in [1.29, 1.82) is 0 Å². The van der Waals surface area contributed by atoms with E-state index in [2.05, 4.69) is 50.3 Å². The zero-order chi connectivity index (χ0) is 38.8. The van der Waals surface area contributed by atoms with Crippen LogP contribution in [0.3, 0.4) is 0 Å². The number of ether oxygens (including phenoxy) is 2. The maximum Gasteiger partial charge on any atom is 0.472 e. The number of unbranched alkanes of at least 4 members (excludes halogenated alkanes) is 23. The molecule has 0 rings (SSSR count). The fourth-order valence-electron chi connectivity index (χ4n) is 6.06. The monoisotopic (exact) mass is 770 g/mol. The first-order chi connectivity index (χ1) is 25.9. The molecule has 0 saturated heterocycles. The van der Waals surface area contributed by atoms with Gasteiger partial charge >= 0.3 is 13.8 Å². The molecule has 0 aliphatic rings. The molecular weight excluding hydrogens is 685 g/mol. The first-order valence-corrected chi connectivity index (χ1v) is 23.5. The summed E-state index contributed by atoms with van der Waals surface area (Å²) >= 11 is 0. The number of allylic oxidation sites excluding steroid dienone is 6. The van der Waals surface area contributed by atoms with Crippen LogP contribution in [0.1, 0.15) is 200 Å². The summed E-state index contributed by atoms with van der Waals surface area (Å²) in [5.41, 5.74) is 5.37. The summed E-state index contributed by atoms with van der Waals surface area (Å²) < 4.78 is 33.4. The van der Waals surface area contributed by atoms with Crippen molar-refractivity contribution in [2.24, 2.45) is 5.73 Å². The van der Waals surface area contributed by atoms with Gasteiger partial charge in [-0.1, -0.05) is 179 Å². The quantitative estimate of drug-likeness (QED) is 0.0273. The van der Waals surface area contributed by atoms with Crippen LogP contribution in [0.5, 0.6) is 0 Å². The van der Waals surface area contributed by atoms with E-state index in [1.54, 1.807) is 0 Å². The molecule has 3 N–H and O–H groups in total. The molecule has 0 aromatic carbocycles. The molecule has 312 valence electrons. The van der Waals surface area contributed by atoms with Gasteiger partial charge in [0.1, 0.15) is 6.10 Å². The zero-order valence-corrected chi connectivity index (χ0v) is 35.4. The molecule has 53 heavy (non-hydrogen) atoms. The van der Waals surface area contributed by atoms with Crippen molar-refractivity contribution in [1.82, 2.24) is 0 Å². The molecule has 0 spiro atoms. The predicted molar refractivity (Wildman–Crippen MR) is 224 cm³/mol. The smallest absolute Gasteiger partial charge is 0.457 e. The van der Waals surface area contributed by atoms with Crippen LogP contribution < -0.4 is 5.73 Å². The van der Waals surface area contributed by atoms with E-state index in [1.807, 2.05) is 0 Å². The second-order valence-electron chi connectivity index (χ2n) is 14.6. The number of rotatable bonds is 42. The molecule has 9 heteroatoms. The Bertz CT molecular complexity index is 910. The van der Waals surface area contributed by atoms with Crippen LogP contribution in [0, 0.1) is 0 Å². The van der Waals surface area contributed by atoms with Crippen LogP contribution in [0.25, 0.3) is 0 Å². The van der Waals surface area contributed by atoms with E-state index < -0.39 is 13.9 Å². The number of esters is 1. The number of hydrogen-bond donors (Lipinski definition) is 2. The number of hydrogen-bond acceptors (Lipinski definition) is 7. The molecule has 0 aromatic heterocycles. The van der Waals surface area contributed by atoms with E-state index in [0.717, 1.165) is 57.8 Å². The normalized spacial score (nSPS) is 13.8. The maximum absolute atomic E-state index is 12.6. The SMILES string of the molecule is CCCCCCC/C=C\C/C=C\C/C=C\CCCCCCCCC(=O)OC(COCCCCCCCCCCCCCCC)COP(=O)(O)OCCN. The number of phosphoric acid groups is 1. The fourth-order valence-corrected chi connectivity index (χ4v) is 6.83. The van der Waals surface area contributed by atoms with Gasteiger partial charge in [0.15, 0.2) is 0 Å². The lowest BCUT2D eigenvalue weighted by Crippen LogP contribution is -2.28. The van der Waals surface area contributed by atoms with E-state index in [4.69, 9.17) is 24.3 Å².